The first-order valence-corrected chi connectivity index (χ1v) is 10.5. The SMILES string of the molecule is Cc1c(Cl)ccc2sc(N(Cc3cccnc3)C(=O)c3nnc4n3CCC4)nc12. The summed E-state index contributed by atoms with van der Waals surface area (Å²) >= 11 is 7.73. The summed E-state index contributed by atoms with van der Waals surface area (Å²) in [6.45, 7) is 3.05. The summed E-state index contributed by atoms with van der Waals surface area (Å²) in [6, 6.07) is 7.60. The average molecular weight is 425 g/mol. The summed E-state index contributed by atoms with van der Waals surface area (Å²) in [5.41, 5.74) is 2.63. The van der Waals surface area contributed by atoms with Crippen molar-refractivity contribution in [1.29, 1.82) is 0 Å². The van der Waals surface area contributed by atoms with Crippen LogP contribution >= 0.6 is 22.9 Å². The fourth-order valence-corrected chi connectivity index (χ4v) is 4.71. The molecule has 1 aromatic carbocycles. The lowest BCUT2D eigenvalue weighted by Crippen LogP contribution is -2.32. The van der Waals surface area contributed by atoms with Gasteiger partial charge in [-0.1, -0.05) is 29.0 Å². The van der Waals surface area contributed by atoms with Gasteiger partial charge in [-0.2, -0.15) is 0 Å². The minimum Gasteiger partial charge on any atom is -0.307 e. The first kappa shape index (κ1) is 18.2. The lowest BCUT2D eigenvalue weighted by molar-refractivity contribution is 0.0970. The van der Waals surface area contributed by atoms with E-state index >= 15 is 0 Å². The van der Waals surface area contributed by atoms with Crippen LogP contribution in [0.5, 0.6) is 0 Å². The highest BCUT2D eigenvalue weighted by Gasteiger charge is 2.29. The van der Waals surface area contributed by atoms with Crippen molar-refractivity contribution < 1.29 is 4.79 Å². The van der Waals surface area contributed by atoms with Gasteiger partial charge in [0.2, 0.25) is 5.82 Å². The number of benzene rings is 1. The molecule has 0 unspecified atom stereocenters. The number of carbonyl (C=O) groups is 1. The van der Waals surface area contributed by atoms with Crippen LogP contribution in [-0.4, -0.2) is 30.6 Å². The maximum absolute atomic E-state index is 13.5. The Morgan fingerprint density at radius 3 is 3.03 bits per heavy atom. The van der Waals surface area contributed by atoms with Crippen LogP contribution in [-0.2, 0) is 19.5 Å². The van der Waals surface area contributed by atoms with Crippen molar-refractivity contribution in [3.63, 3.8) is 0 Å². The van der Waals surface area contributed by atoms with Gasteiger partial charge in [0, 0.05) is 30.4 Å². The van der Waals surface area contributed by atoms with Crippen molar-refractivity contribution in [3.8, 4) is 0 Å². The lowest BCUT2D eigenvalue weighted by atomic mass is 10.2. The van der Waals surface area contributed by atoms with Crippen LogP contribution in [0.4, 0.5) is 5.13 Å². The number of thiazole rings is 1. The molecule has 1 aliphatic heterocycles. The molecule has 0 atom stereocenters. The molecule has 4 heterocycles. The smallest absolute Gasteiger partial charge is 0.298 e. The third-order valence-corrected chi connectivity index (χ3v) is 6.53. The monoisotopic (exact) mass is 424 g/mol. The molecule has 0 N–H and O–H groups in total. The highest BCUT2D eigenvalue weighted by atomic mass is 35.5. The standard InChI is InChI=1S/C20H17ClN6OS/c1-12-14(21)6-7-15-17(12)23-20(29-15)27(11-13-4-2-8-22-10-13)19(28)18-25-24-16-5-3-9-26(16)18/h2,4,6-8,10H,3,5,9,11H2,1H3. The van der Waals surface area contributed by atoms with Crippen LogP contribution in [0.1, 0.15) is 34.0 Å². The first-order chi connectivity index (χ1) is 14.1. The first-order valence-electron chi connectivity index (χ1n) is 9.30. The summed E-state index contributed by atoms with van der Waals surface area (Å²) in [4.78, 5) is 24.1. The lowest BCUT2D eigenvalue weighted by Gasteiger charge is -2.19. The van der Waals surface area contributed by atoms with E-state index < -0.39 is 0 Å². The average Bonchev–Trinajstić information content (AvgIpc) is 3.45. The van der Waals surface area contributed by atoms with Crippen LogP contribution in [0.25, 0.3) is 10.2 Å². The largest absolute Gasteiger partial charge is 0.307 e. The number of fused-ring (bicyclic) bond motifs is 2. The van der Waals surface area contributed by atoms with E-state index in [1.165, 1.54) is 11.3 Å². The number of pyridine rings is 1. The zero-order valence-corrected chi connectivity index (χ0v) is 17.2. The second kappa shape index (κ2) is 7.20. The van der Waals surface area contributed by atoms with E-state index in [0.29, 0.717) is 22.5 Å². The number of aromatic nitrogens is 5. The second-order valence-electron chi connectivity index (χ2n) is 6.96. The molecule has 7 nitrogen and oxygen atoms in total. The summed E-state index contributed by atoms with van der Waals surface area (Å²) in [5, 5.41) is 9.63. The van der Waals surface area contributed by atoms with Gasteiger partial charge >= 0.3 is 0 Å². The van der Waals surface area contributed by atoms with E-state index in [9.17, 15) is 4.79 Å². The fraction of sp³-hybridized carbons (Fsp3) is 0.250. The van der Waals surface area contributed by atoms with Gasteiger partial charge in [-0.3, -0.25) is 14.7 Å². The topological polar surface area (TPSA) is 76.8 Å². The highest BCUT2D eigenvalue weighted by molar-refractivity contribution is 7.22. The Bertz CT molecular complexity index is 1220. The Balaban J connectivity index is 1.60. The van der Waals surface area contributed by atoms with Gasteiger partial charge in [0.25, 0.3) is 5.91 Å². The van der Waals surface area contributed by atoms with Crippen LogP contribution in [0.15, 0.2) is 36.7 Å². The fourth-order valence-electron chi connectivity index (χ4n) is 3.53. The Morgan fingerprint density at radius 1 is 1.31 bits per heavy atom. The number of nitrogens with zero attached hydrogens (tertiary/aromatic N) is 6. The van der Waals surface area contributed by atoms with E-state index in [1.54, 1.807) is 17.3 Å². The van der Waals surface area contributed by atoms with E-state index in [4.69, 9.17) is 16.6 Å². The Kier molecular flexibility index (Phi) is 4.52. The molecule has 0 fully saturated rings. The quantitative estimate of drug-likeness (QED) is 0.494. The molecule has 29 heavy (non-hydrogen) atoms. The molecule has 1 aliphatic rings. The number of halogens is 1. The Morgan fingerprint density at radius 2 is 2.21 bits per heavy atom. The van der Waals surface area contributed by atoms with Gasteiger partial charge < -0.3 is 4.57 Å². The molecule has 0 spiro atoms. The summed E-state index contributed by atoms with van der Waals surface area (Å²) < 4.78 is 2.89. The third-order valence-electron chi connectivity index (χ3n) is 5.08. The molecule has 4 aromatic rings. The van der Waals surface area contributed by atoms with E-state index in [0.717, 1.165) is 46.6 Å². The molecule has 3 aromatic heterocycles. The molecule has 1 amide bonds. The molecule has 0 saturated carbocycles. The number of hydrogen-bond donors (Lipinski definition) is 0. The highest BCUT2D eigenvalue weighted by Crippen LogP contribution is 2.34. The van der Waals surface area contributed by atoms with Crippen LogP contribution in [0, 0.1) is 6.92 Å². The molecule has 0 radical (unpaired) electrons. The van der Waals surface area contributed by atoms with E-state index in [-0.39, 0.29) is 5.91 Å². The van der Waals surface area contributed by atoms with Gasteiger partial charge in [0.05, 0.1) is 16.8 Å². The minimum atomic E-state index is -0.211. The van der Waals surface area contributed by atoms with Gasteiger partial charge in [0.1, 0.15) is 5.82 Å². The Labute approximate surface area is 176 Å². The predicted molar refractivity (Wildman–Crippen MR) is 112 cm³/mol. The molecule has 9 heteroatoms. The third kappa shape index (κ3) is 3.18. The summed E-state index contributed by atoms with van der Waals surface area (Å²) in [5.74, 6) is 1.01. The molecule has 5 rings (SSSR count). The molecule has 0 aliphatic carbocycles. The summed E-state index contributed by atoms with van der Waals surface area (Å²) in [6.07, 6.45) is 5.29. The molecular weight excluding hydrogens is 408 g/mol. The van der Waals surface area contributed by atoms with Crippen LogP contribution < -0.4 is 4.90 Å². The van der Waals surface area contributed by atoms with Crippen LogP contribution in [0.2, 0.25) is 5.02 Å². The number of carbonyl (C=O) groups excluding carboxylic acids is 1. The maximum atomic E-state index is 13.5. The van der Waals surface area contributed by atoms with Crippen molar-refractivity contribution in [2.24, 2.45) is 0 Å². The van der Waals surface area contributed by atoms with Crippen molar-refractivity contribution in [2.45, 2.75) is 32.9 Å². The number of aryl methyl sites for hydroxylation is 2. The van der Waals surface area contributed by atoms with Gasteiger partial charge in [-0.05, 0) is 42.7 Å². The van der Waals surface area contributed by atoms with Crippen LogP contribution in [0.3, 0.4) is 0 Å². The molecule has 0 saturated heterocycles. The zero-order chi connectivity index (χ0) is 20.0. The van der Waals surface area contributed by atoms with Crippen molar-refractivity contribution in [3.05, 3.63) is 64.5 Å². The van der Waals surface area contributed by atoms with Crippen molar-refractivity contribution >= 4 is 44.2 Å². The minimum absolute atomic E-state index is 0.211. The number of anilines is 1. The number of amides is 1. The van der Waals surface area contributed by atoms with Crippen molar-refractivity contribution in [2.75, 3.05) is 4.90 Å². The van der Waals surface area contributed by atoms with Crippen molar-refractivity contribution in [1.82, 2.24) is 24.7 Å². The molecular formula is C20H17ClN6OS. The predicted octanol–water partition coefficient (Wildman–Crippen LogP) is 4.04. The normalized spacial score (nSPS) is 13.0. The number of rotatable bonds is 4. The second-order valence-corrected chi connectivity index (χ2v) is 8.38. The van der Waals surface area contributed by atoms with Gasteiger partial charge in [-0.25, -0.2) is 4.98 Å². The molecule has 0 bridgehead atoms. The van der Waals surface area contributed by atoms with E-state index in [1.807, 2.05) is 35.8 Å². The zero-order valence-electron chi connectivity index (χ0n) is 15.7. The number of hydrogen-bond acceptors (Lipinski definition) is 6. The summed E-state index contributed by atoms with van der Waals surface area (Å²) in [7, 11) is 0. The van der Waals surface area contributed by atoms with E-state index in [2.05, 4.69) is 15.2 Å². The Hall–Kier alpha value is -2.84. The van der Waals surface area contributed by atoms with Gasteiger partial charge in [0.15, 0.2) is 5.13 Å². The maximum Gasteiger partial charge on any atom is 0.298 e. The molecule has 146 valence electrons. The van der Waals surface area contributed by atoms with Gasteiger partial charge in [-0.15, -0.1) is 10.2 Å².